The molecular formula is C19H38N2. The first-order chi connectivity index (χ1) is 10.1. The van der Waals surface area contributed by atoms with Gasteiger partial charge in [-0.15, -0.1) is 0 Å². The molecule has 0 bridgehead atoms. The van der Waals surface area contributed by atoms with Crippen LogP contribution in [0.25, 0.3) is 0 Å². The molecule has 1 N–H and O–H groups in total. The second-order valence-electron chi connectivity index (χ2n) is 8.48. The van der Waals surface area contributed by atoms with Crippen LogP contribution in [-0.4, -0.2) is 37.1 Å². The lowest BCUT2D eigenvalue weighted by atomic mass is 9.76. The van der Waals surface area contributed by atoms with Crippen LogP contribution in [0.3, 0.4) is 0 Å². The largest absolute Gasteiger partial charge is 0.313 e. The molecule has 1 aliphatic carbocycles. The summed E-state index contributed by atoms with van der Waals surface area (Å²) in [6, 6.07) is 0.782. The van der Waals surface area contributed by atoms with Gasteiger partial charge in [-0.2, -0.15) is 0 Å². The summed E-state index contributed by atoms with van der Waals surface area (Å²) in [5, 5.41) is 3.86. The third-order valence-corrected chi connectivity index (χ3v) is 5.75. The Kier molecular flexibility index (Phi) is 7.01. The summed E-state index contributed by atoms with van der Waals surface area (Å²) in [7, 11) is 0. The molecule has 2 unspecified atom stereocenters. The molecule has 2 heteroatoms. The lowest BCUT2D eigenvalue weighted by Gasteiger charge is -2.29. The van der Waals surface area contributed by atoms with Crippen molar-refractivity contribution in [2.24, 2.45) is 11.3 Å². The highest BCUT2D eigenvalue weighted by molar-refractivity contribution is 4.81. The third kappa shape index (κ3) is 6.28. The number of nitrogens with one attached hydrogen (secondary N) is 1. The predicted molar refractivity (Wildman–Crippen MR) is 92.7 cm³/mol. The van der Waals surface area contributed by atoms with E-state index in [4.69, 9.17) is 0 Å². The smallest absolute Gasteiger partial charge is 0.0107 e. The monoisotopic (exact) mass is 294 g/mol. The molecule has 2 rings (SSSR count). The molecule has 2 aliphatic rings. The fourth-order valence-corrected chi connectivity index (χ4v) is 4.16. The molecule has 2 fully saturated rings. The van der Waals surface area contributed by atoms with Gasteiger partial charge < -0.3 is 10.2 Å². The van der Waals surface area contributed by atoms with Crippen molar-refractivity contribution < 1.29 is 0 Å². The molecule has 0 radical (unpaired) electrons. The summed E-state index contributed by atoms with van der Waals surface area (Å²) in [6.45, 7) is 12.4. The highest BCUT2D eigenvalue weighted by atomic mass is 15.1. The minimum Gasteiger partial charge on any atom is -0.313 e. The van der Waals surface area contributed by atoms with Crippen LogP contribution in [-0.2, 0) is 0 Å². The van der Waals surface area contributed by atoms with E-state index in [0.717, 1.165) is 12.0 Å². The van der Waals surface area contributed by atoms with Gasteiger partial charge in [-0.1, -0.05) is 40.0 Å². The lowest BCUT2D eigenvalue weighted by molar-refractivity contribution is 0.213. The first-order valence-corrected chi connectivity index (χ1v) is 9.51. The zero-order chi connectivity index (χ0) is 15.1. The highest BCUT2D eigenvalue weighted by Gasteiger charge is 2.27. The summed E-state index contributed by atoms with van der Waals surface area (Å²) >= 11 is 0. The van der Waals surface area contributed by atoms with E-state index in [2.05, 4.69) is 31.0 Å². The van der Waals surface area contributed by atoms with Gasteiger partial charge in [0.05, 0.1) is 0 Å². The number of nitrogens with zero attached hydrogens (tertiary/aromatic N) is 1. The van der Waals surface area contributed by atoms with E-state index in [-0.39, 0.29) is 0 Å². The fraction of sp³-hybridized carbons (Fsp3) is 1.00. The quantitative estimate of drug-likeness (QED) is 0.771. The Balaban J connectivity index is 1.64. The maximum absolute atomic E-state index is 3.86. The van der Waals surface area contributed by atoms with Crippen LogP contribution in [0.2, 0.25) is 0 Å². The van der Waals surface area contributed by atoms with Crippen molar-refractivity contribution in [1.29, 1.82) is 0 Å². The number of likely N-dealkylation sites (tertiary alicyclic amines) is 1. The van der Waals surface area contributed by atoms with E-state index >= 15 is 0 Å². The second kappa shape index (κ2) is 8.53. The molecule has 0 aromatic carbocycles. The Hall–Kier alpha value is -0.0800. The standard InChI is InChI=1S/C19H38N2/c1-19(2,3)17-9-8-10-18(12-11-17)20-13-16-21-14-6-4-5-7-15-21/h17-18,20H,4-16H2,1-3H3. The van der Waals surface area contributed by atoms with Crippen molar-refractivity contribution in [2.45, 2.75) is 84.6 Å². The van der Waals surface area contributed by atoms with Crippen LogP contribution in [0.5, 0.6) is 0 Å². The predicted octanol–water partition coefficient (Wildman–Crippen LogP) is 4.45. The van der Waals surface area contributed by atoms with Crippen molar-refractivity contribution in [2.75, 3.05) is 26.2 Å². The zero-order valence-electron chi connectivity index (χ0n) is 14.8. The molecular weight excluding hydrogens is 256 g/mol. The van der Waals surface area contributed by atoms with Crippen LogP contribution in [0, 0.1) is 11.3 Å². The highest BCUT2D eigenvalue weighted by Crippen LogP contribution is 2.36. The lowest BCUT2D eigenvalue weighted by Crippen LogP contribution is -2.37. The average Bonchev–Trinajstić information content (AvgIpc) is 2.80. The topological polar surface area (TPSA) is 15.3 Å². The number of hydrogen-bond donors (Lipinski definition) is 1. The maximum Gasteiger partial charge on any atom is 0.0107 e. The molecule has 21 heavy (non-hydrogen) atoms. The second-order valence-corrected chi connectivity index (χ2v) is 8.48. The van der Waals surface area contributed by atoms with Gasteiger partial charge in [-0.25, -0.2) is 0 Å². The molecule has 1 saturated heterocycles. The molecule has 0 aromatic heterocycles. The number of rotatable bonds is 4. The summed E-state index contributed by atoms with van der Waals surface area (Å²) in [5.41, 5.74) is 0.501. The van der Waals surface area contributed by atoms with E-state index in [1.807, 2.05) is 0 Å². The summed E-state index contributed by atoms with van der Waals surface area (Å²) in [5.74, 6) is 0.926. The van der Waals surface area contributed by atoms with Crippen molar-refractivity contribution >= 4 is 0 Å². The minimum atomic E-state index is 0.501. The Bertz CT molecular complexity index is 274. The molecule has 2 nitrogen and oxygen atoms in total. The van der Waals surface area contributed by atoms with E-state index in [1.165, 1.54) is 84.0 Å². The number of hydrogen-bond acceptors (Lipinski definition) is 2. The van der Waals surface area contributed by atoms with Crippen molar-refractivity contribution in [3.8, 4) is 0 Å². The van der Waals surface area contributed by atoms with Gasteiger partial charge >= 0.3 is 0 Å². The van der Waals surface area contributed by atoms with Gasteiger partial charge in [-0.05, 0) is 62.9 Å². The van der Waals surface area contributed by atoms with E-state index < -0.39 is 0 Å². The van der Waals surface area contributed by atoms with Crippen LogP contribution >= 0.6 is 0 Å². The van der Waals surface area contributed by atoms with Crippen molar-refractivity contribution in [3.05, 3.63) is 0 Å². The summed E-state index contributed by atoms with van der Waals surface area (Å²) < 4.78 is 0. The summed E-state index contributed by atoms with van der Waals surface area (Å²) in [6.07, 6.45) is 12.8. The van der Waals surface area contributed by atoms with Crippen LogP contribution in [0.15, 0.2) is 0 Å². The van der Waals surface area contributed by atoms with Gasteiger partial charge in [0.2, 0.25) is 0 Å². The van der Waals surface area contributed by atoms with Crippen LogP contribution in [0.4, 0.5) is 0 Å². The molecule has 2 atom stereocenters. The van der Waals surface area contributed by atoms with Crippen molar-refractivity contribution in [3.63, 3.8) is 0 Å². The molecule has 0 amide bonds. The molecule has 1 saturated carbocycles. The Morgan fingerprint density at radius 1 is 0.857 bits per heavy atom. The Morgan fingerprint density at radius 3 is 2.24 bits per heavy atom. The molecule has 124 valence electrons. The van der Waals surface area contributed by atoms with Crippen molar-refractivity contribution in [1.82, 2.24) is 10.2 Å². The van der Waals surface area contributed by atoms with Gasteiger partial charge in [-0.3, -0.25) is 0 Å². The zero-order valence-corrected chi connectivity index (χ0v) is 14.8. The summed E-state index contributed by atoms with van der Waals surface area (Å²) in [4.78, 5) is 2.68. The SMILES string of the molecule is CC(C)(C)C1CCCC(NCCN2CCCCCC2)CC1. The first kappa shape index (κ1) is 17.3. The van der Waals surface area contributed by atoms with E-state index in [0.29, 0.717) is 5.41 Å². The Labute approximate surface area is 133 Å². The maximum atomic E-state index is 3.86. The van der Waals surface area contributed by atoms with Gasteiger partial charge in [0.1, 0.15) is 0 Å². The van der Waals surface area contributed by atoms with Gasteiger partial charge in [0.25, 0.3) is 0 Å². The third-order valence-electron chi connectivity index (χ3n) is 5.75. The molecule has 1 heterocycles. The van der Waals surface area contributed by atoms with E-state index in [1.54, 1.807) is 0 Å². The first-order valence-electron chi connectivity index (χ1n) is 9.51. The molecule has 0 spiro atoms. The molecule has 1 aliphatic heterocycles. The van der Waals surface area contributed by atoms with Crippen LogP contribution in [0.1, 0.15) is 78.6 Å². The average molecular weight is 295 g/mol. The normalized spacial score (nSPS) is 29.9. The minimum absolute atomic E-state index is 0.501. The van der Waals surface area contributed by atoms with Gasteiger partial charge in [0, 0.05) is 19.1 Å². The Morgan fingerprint density at radius 2 is 1.57 bits per heavy atom. The van der Waals surface area contributed by atoms with Gasteiger partial charge in [0.15, 0.2) is 0 Å². The van der Waals surface area contributed by atoms with Crippen LogP contribution < -0.4 is 5.32 Å². The molecule has 0 aromatic rings. The van der Waals surface area contributed by atoms with E-state index in [9.17, 15) is 0 Å². The fourth-order valence-electron chi connectivity index (χ4n) is 4.16.